The van der Waals surface area contributed by atoms with E-state index in [1.165, 1.54) is 12.1 Å². The van der Waals surface area contributed by atoms with Gasteiger partial charge >= 0.3 is 0 Å². The number of hydrogen-bond donors (Lipinski definition) is 2. The van der Waals surface area contributed by atoms with Crippen LogP contribution in [0.4, 0.5) is 11.4 Å². The summed E-state index contributed by atoms with van der Waals surface area (Å²) < 4.78 is 0. The van der Waals surface area contributed by atoms with Crippen molar-refractivity contribution in [2.24, 2.45) is 0 Å². The van der Waals surface area contributed by atoms with Crippen LogP contribution < -0.4 is 11.1 Å². The summed E-state index contributed by atoms with van der Waals surface area (Å²) >= 11 is 5.83. The summed E-state index contributed by atoms with van der Waals surface area (Å²) in [6.45, 7) is 0. The van der Waals surface area contributed by atoms with Crippen molar-refractivity contribution in [2.45, 2.75) is 0 Å². The summed E-state index contributed by atoms with van der Waals surface area (Å²) in [6, 6.07) is 13.9. The van der Waals surface area contributed by atoms with Gasteiger partial charge in [0.1, 0.15) is 6.07 Å². The third-order valence-corrected chi connectivity index (χ3v) is 3.02. The van der Waals surface area contributed by atoms with Gasteiger partial charge in [-0.25, -0.2) is 0 Å². The molecule has 0 aliphatic heterocycles. The van der Waals surface area contributed by atoms with Crippen molar-refractivity contribution in [3.63, 3.8) is 0 Å². The maximum Gasteiger partial charge on any atom is 0.248 e. The van der Waals surface area contributed by atoms with Crippen molar-refractivity contribution in [2.75, 3.05) is 11.1 Å². The number of halogens is 1. The summed E-state index contributed by atoms with van der Waals surface area (Å²) in [4.78, 5) is 11.8. The molecule has 3 N–H and O–H groups in total. The van der Waals surface area contributed by atoms with Gasteiger partial charge in [-0.05, 0) is 42.0 Å². The monoisotopic (exact) mass is 297 g/mol. The average Bonchev–Trinajstić information content (AvgIpc) is 2.47. The first kappa shape index (κ1) is 14.6. The van der Waals surface area contributed by atoms with Gasteiger partial charge in [0.05, 0.1) is 10.6 Å². The van der Waals surface area contributed by atoms with E-state index >= 15 is 0 Å². The lowest BCUT2D eigenvalue weighted by molar-refractivity contribution is -0.111. The van der Waals surface area contributed by atoms with E-state index in [9.17, 15) is 4.79 Å². The van der Waals surface area contributed by atoms with E-state index < -0.39 is 0 Å². The Balaban J connectivity index is 2.07. The average molecular weight is 298 g/mol. The number of nitriles is 1. The molecule has 0 saturated carbocycles. The standard InChI is InChI=1S/C16H12ClN3O/c17-15-6-5-14(9-12(15)10-18)20-16(21)7-4-11-2-1-3-13(19)8-11/h1-9H,19H2,(H,20,21)/b7-4+. The molecule has 0 radical (unpaired) electrons. The number of carbonyl (C=O) groups is 1. The van der Waals surface area contributed by atoms with E-state index in [0.29, 0.717) is 22.0 Å². The summed E-state index contributed by atoms with van der Waals surface area (Å²) in [5.74, 6) is -0.302. The number of amides is 1. The second kappa shape index (κ2) is 6.60. The van der Waals surface area contributed by atoms with Crippen LogP contribution in [0.5, 0.6) is 0 Å². The minimum atomic E-state index is -0.302. The van der Waals surface area contributed by atoms with E-state index in [0.717, 1.165) is 5.56 Å². The van der Waals surface area contributed by atoms with Crippen molar-refractivity contribution >= 4 is 35.0 Å². The molecule has 1 amide bonds. The van der Waals surface area contributed by atoms with E-state index in [1.807, 2.05) is 18.2 Å². The molecular weight excluding hydrogens is 286 g/mol. The number of hydrogen-bond acceptors (Lipinski definition) is 3. The fourth-order valence-corrected chi connectivity index (χ4v) is 1.87. The lowest BCUT2D eigenvalue weighted by atomic mass is 10.2. The molecule has 0 unspecified atom stereocenters. The van der Waals surface area contributed by atoms with Crippen LogP contribution in [0.1, 0.15) is 11.1 Å². The number of anilines is 2. The van der Waals surface area contributed by atoms with E-state index in [1.54, 1.807) is 30.3 Å². The number of nitrogens with one attached hydrogen (secondary N) is 1. The van der Waals surface area contributed by atoms with Gasteiger partial charge in [0.2, 0.25) is 5.91 Å². The predicted molar refractivity (Wildman–Crippen MR) is 84.7 cm³/mol. The molecule has 0 aromatic heterocycles. The highest BCUT2D eigenvalue weighted by molar-refractivity contribution is 6.31. The van der Waals surface area contributed by atoms with Gasteiger partial charge in [-0.2, -0.15) is 5.26 Å². The molecule has 0 heterocycles. The van der Waals surface area contributed by atoms with Crippen LogP contribution in [0.25, 0.3) is 6.08 Å². The highest BCUT2D eigenvalue weighted by atomic mass is 35.5. The van der Waals surface area contributed by atoms with Crippen LogP contribution in [0.3, 0.4) is 0 Å². The van der Waals surface area contributed by atoms with Gasteiger partial charge < -0.3 is 11.1 Å². The van der Waals surface area contributed by atoms with Crippen molar-refractivity contribution in [1.29, 1.82) is 5.26 Å². The first-order valence-electron chi connectivity index (χ1n) is 6.13. The number of benzene rings is 2. The van der Waals surface area contributed by atoms with Crippen LogP contribution in [0, 0.1) is 11.3 Å². The SMILES string of the molecule is N#Cc1cc(NC(=O)/C=C/c2cccc(N)c2)ccc1Cl. The third-order valence-electron chi connectivity index (χ3n) is 2.69. The number of carbonyl (C=O) groups excluding carboxylic acids is 1. The molecule has 5 heteroatoms. The van der Waals surface area contributed by atoms with Gasteiger partial charge in [-0.1, -0.05) is 23.7 Å². The second-order valence-electron chi connectivity index (χ2n) is 4.30. The smallest absolute Gasteiger partial charge is 0.248 e. The largest absolute Gasteiger partial charge is 0.399 e. The topological polar surface area (TPSA) is 78.9 Å². The number of nitrogens with zero attached hydrogens (tertiary/aromatic N) is 1. The molecule has 2 aromatic rings. The Kier molecular flexibility index (Phi) is 4.60. The van der Waals surface area contributed by atoms with Gasteiger partial charge in [0.25, 0.3) is 0 Å². The van der Waals surface area contributed by atoms with Gasteiger partial charge in [0.15, 0.2) is 0 Å². The normalized spacial score (nSPS) is 10.3. The zero-order valence-corrected chi connectivity index (χ0v) is 11.8. The molecule has 0 aliphatic rings. The van der Waals surface area contributed by atoms with Crippen molar-refractivity contribution in [3.05, 3.63) is 64.7 Å². The maximum absolute atomic E-state index is 11.8. The Hall–Kier alpha value is -2.77. The summed E-state index contributed by atoms with van der Waals surface area (Å²) in [5, 5.41) is 11.9. The minimum Gasteiger partial charge on any atom is -0.399 e. The Labute approximate surface area is 127 Å². The van der Waals surface area contributed by atoms with E-state index in [-0.39, 0.29) is 5.91 Å². The molecule has 0 atom stereocenters. The fourth-order valence-electron chi connectivity index (χ4n) is 1.71. The Morgan fingerprint density at radius 2 is 2.10 bits per heavy atom. The second-order valence-corrected chi connectivity index (χ2v) is 4.71. The van der Waals surface area contributed by atoms with Crippen molar-refractivity contribution < 1.29 is 4.79 Å². The Morgan fingerprint density at radius 3 is 2.81 bits per heavy atom. The zero-order chi connectivity index (χ0) is 15.2. The molecule has 0 aliphatic carbocycles. The molecule has 0 fully saturated rings. The predicted octanol–water partition coefficient (Wildman–Crippen LogP) is 3.45. The van der Waals surface area contributed by atoms with Crippen molar-refractivity contribution in [3.8, 4) is 6.07 Å². The summed E-state index contributed by atoms with van der Waals surface area (Å²) in [7, 11) is 0. The molecule has 2 aromatic carbocycles. The number of rotatable bonds is 3. The van der Waals surface area contributed by atoms with E-state index in [4.69, 9.17) is 22.6 Å². The lowest BCUT2D eigenvalue weighted by Crippen LogP contribution is -2.07. The molecule has 0 bridgehead atoms. The first-order chi connectivity index (χ1) is 10.1. The van der Waals surface area contributed by atoms with Crippen LogP contribution in [0.15, 0.2) is 48.5 Å². The van der Waals surface area contributed by atoms with Crippen LogP contribution >= 0.6 is 11.6 Å². The molecular formula is C16H12ClN3O. The molecule has 104 valence electrons. The summed E-state index contributed by atoms with van der Waals surface area (Å²) in [5.41, 5.74) is 7.95. The van der Waals surface area contributed by atoms with Crippen LogP contribution in [0.2, 0.25) is 5.02 Å². The fraction of sp³-hybridized carbons (Fsp3) is 0. The molecule has 0 spiro atoms. The quantitative estimate of drug-likeness (QED) is 0.673. The highest BCUT2D eigenvalue weighted by Gasteiger charge is 2.03. The van der Waals surface area contributed by atoms with Crippen LogP contribution in [-0.4, -0.2) is 5.91 Å². The van der Waals surface area contributed by atoms with Gasteiger partial charge in [-0.3, -0.25) is 4.79 Å². The number of nitrogens with two attached hydrogens (primary N) is 1. The van der Waals surface area contributed by atoms with Crippen LogP contribution in [-0.2, 0) is 4.79 Å². The van der Waals surface area contributed by atoms with E-state index in [2.05, 4.69) is 5.32 Å². The third kappa shape index (κ3) is 4.10. The maximum atomic E-state index is 11.8. The molecule has 4 nitrogen and oxygen atoms in total. The number of nitrogen functional groups attached to an aromatic ring is 1. The zero-order valence-electron chi connectivity index (χ0n) is 11.0. The Morgan fingerprint density at radius 1 is 1.29 bits per heavy atom. The first-order valence-corrected chi connectivity index (χ1v) is 6.50. The Bertz CT molecular complexity index is 747. The lowest BCUT2D eigenvalue weighted by Gasteiger charge is -2.03. The summed E-state index contributed by atoms with van der Waals surface area (Å²) in [6.07, 6.45) is 3.06. The van der Waals surface area contributed by atoms with Gasteiger partial charge in [0, 0.05) is 17.5 Å². The molecule has 2 rings (SSSR count). The minimum absolute atomic E-state index is 0.302. The highest BCUT2D eigenvalue weighted by Crippen LogP contribution is 2.19. The molecule has 0 saturated heterocycles. The van der Waals surface area contributed by atoms with Crippen molar-refractivity contribution in [1.82, 2.24) is 0 Å². The van der Waals surface area contributed by atoms with Gasteiger partial charge in [-0.15, -0.1) is 0 Å². The molecule has 21 heavy (non-hydrogen) atoms.